The predicted molar refractivity (Wildman–Crippen MR) is 83.1 cm³/mol. The van der Waals surface area contributed by atoms with Crippen molar-refractivity contribution in [3.05, 3.63) is 69.0 Å². The molecule has 2 aromatic rings. The standard InChI is InChI=1S/C16H16Cl2FN/c1-3-20-16(11-5-4-10(2)15(19)8-11)12-6-13(17)9-14(18)7-12/h4-9,16,20H,3H2,1-2H3. The Labute approximate surface area is 128 Å². The van der Waals surface area contributed by atoms with Gasteiger partial charge in [0.15, 0.2) is 0 Å². The van der Waals surface area contributed by atoms with Crippen molar-refractivity contribution in [3.63, 3.8) is 0 Å². The van der Waals surface area contributed by atoms with Gasteiger partial charge in [-0.2, -0.15) is 0 Å². The molecule has 1 atom stereocenters. The van der Waals surface area contributed by atoms with Crippen LogP contribution in [0, 0.1) is 12.7 Å². The lowest BCUT2D eigenvalue weighted by Gasteiger charge is -2.20. The first-order valence-electron chi connectivity index (χ1n) is 6.46. The van der Waals surface area contributed by atoms with E-state index in [2.05, 4.69) is 5.32 Å². The molecule has 0 heterocycles. The maximum atomic E-state index is 13.8. The van der Waals surface area contributed by atoms with Crippen molar-refractivity contribution in [2.75, 3.05) is 6.54 Å². The largest absolute Gasteiger partial charge is 0.307 e. The lowest BCUT2D eigenvalue weighted by Crippen LogP contribution is -2.22. The van der Waals surface area contributed by atoms with E-state index in [1.807, 2.05) is 25.1 Å². The SMILES string of the molecule is CCNC(c1cc(Cl)cc(Cl)c1)c1ccc(C)c(F)c1. The van der Waals surface area contributed by atoms with Crippen molar-refractivity contribution in [3.8, 4) is 0 Å². The van der Waals surface area contributed by atoms with Crippen LogP contribution in [-0.4, -0.2) is 6.54 Å². The molecule has 0 bridgehead atoms. The molecular formula is C16H16Cl2FN. The molecule has 0 aliphatic heterocycles. The number of aryl methyl sites for hydroxylation is 1. The smallest absolute Gasteiger partial charge is 0.126 e. The van der Waals surface area contributed by atoms with E-state index in [9.17, 15) is 4.39 Å². The average molecular weight is 312 g/mol. The molecule has 20 heavy (non-hydrogen) atoms. The van der Waals surface area contributed by atoms with Gasteiger partial charge in [-0.15, -0.1) is 0 Å². The van der Waals surface area contributed by atoms with Crippen LogP contribution in [0.3, 0.4) is 0 Å². The molecule has 0 spiro atoms. The van der Waals surface area contributed by atoms with Gasteiger partial charge in [-0.3, -0.25) is 0 Å². The maximum Gasteiger partial charge on any atom is 0.126 e. The number of halogens is 3. The minimum Gasteiger partial charge on any atom is -0.307 e. The Bertz CT molecular complexity index is 593. The van der Waals surface area contributed by atoms with Crippen LogP contribution >= 0.6 is 23.2 Å². The molecule has 0 fully saturated rings. The van der Waals surface area contributed by atoms with Gasteiger partial charge < -0.3 is 5.32 Å². The Balaban J connectivity index is 2.46. The van der Waals surface area contributed by atoms with Gasteiger partial charge in [-0.1, -0.05) is 42.3 Å². The summed E-state index contributed by atoms with van der Waals surface area (Å²) in [6, 6.07) is 10.5. The molecule has 2 aromatic carbocycles. The van der Waals surface area contributed by atoms with Crippen molar-refractivity contribution >= 4 is 23.2 Å². The summed E-state index contributed by atoms with van der Waals surface area (Å²) >= 11 is 12.1. The summed E-state index contributed by atoms with van der Waals surface area (Å²) < 4.78 is 13.8. The first kappa shape index (κ1) is 15.3. The van der Waals surface area contributed by atoms with E-state index in [0.29, 0.717) is 15.6 Å². The maximum absolute atomic E-state index is 13.8. The summed E-state index contributed by atoms with van der Waals surface area (Å²) in [5, 5.41) is 4.48. The molecule has 0 aromatic heterocycles. The molecule has 1 N–H and O–H groups in total. The van der Waals surface area contributed by atoms with Gasteiger partial charge in [-0.05, 0) is 54.4 Å². The van der Waals surface area contributed by atoms with Crippen LogP contribution in [0.25, 0.3) is 0 Å². The summed E-state index contributed by atoms with van der Waals surface area (Å²) in [7, 11) is 0. The Kier molecular flexibility index (Phi) is 5.03. The van der Waals surface area contributed by atoms with E-state index < -0.39 is 0 Å². The van der Waals surface area contributed by atoms with Gasteiger partial charge in [0.25, 0.3) is 0 Å². The van der Waals surface area contributed by atoms with Crippen LogP contribution in [0.15, 0.2) is 36.4 Å². The Hall–Kier alpha value is -1.09. The van der Waals surface area contributed by atoms with Gasteiger partial charge in [0.2, 0.25) is 0 Å². The minimum absolute atomic E-state index is 0.133. The van der Waals surface area contributed by atoms with Gasteiger partial charge in [0.05, 0.1) is 6.04 Å². The second-order valence-electron chi connectivity index (χ2n) is 4.70. The van der Waals surface area contributed by atoms with E-state index in [0.717, 1.165) is 17.7 Å². The van der Waals surface area contributed by atoms with E-state index in [-0.39, 0.29) is 11.9 Å². The second-order valence-corrected chi connectivity index (χ2v) is 5.57. The van der Waals surface area contributed by atoms with E-state index in [1.165, 1.54) is 0 Å². The third kappa shape index (κ3) is 3.51. The zero-order valence-electron chi connectivity index (χ0n) is 11.4. The van der Waals surface area contributed by atoms with Crippen LogP contribution in [0.4, 0.5) is 4.39 Å². The summed E-state index contributed by atoms with van der Waals surface area (Å²) in [5.41, 5.74) is 2.41. The van der Waals surface area contributed by atoms with Gasteiger partial charge in [0, 0.05) is 10.0 Å². The summed E-state index contributed by atoms with van der Waals surface area (Å²) in [6.45, 7) is 4.51. The third-order valence-electron chi connectivity index (χ3n) is 3.16. The monoisotopic (exact) mass is 311 g/mol. The fourth-order valence-electron chi connectivity index (χ4n) is 2.16. The molecule has 0 saturated heterocycles. The van der Waals surface area contributed by atoms with Gasteiger partial charge in [-0.25, -0.2) is 4.39 Å². The molecular weight excluding hydrogens is 296 g/mol. The number of hydrogen-bond donors (Lipinski definition) is 1. The fourth-order valence-corrected chi connectivity index (χ4v) is 2.71. The van der Waals surface area contributed by atoms with Crippen molar-refractivity contribution in [1.82, 2.24) is 5.32 Å². The van der Waals surface area contributed by atoms with E-state index >= 15 is 0 Å². The quantitative estimate of drug-likeness (QED) is 0.824. The van der Waals surface area contributed by atoms with Gasteiger partial charge >= 0.3 is 0 Å². The van der Waals surface area contributed by atoms with Crippen LogP contribution in [0.2, 0.25) is 10.0 Å². The highest BCUT2D eigenvalue weighted by molar-refractivity contribution is 6.34. The fraction of sp³-hybridized carbons (Fsp3) is 0.250. The molecule has 1 unspecified atom stereocenters. The Morgan fingerprint density at radius 3 is 2.25 bits per heavy atom. The molecule has 0 amide bonds. The normalized spacial score (nSPS) is 12.4. The van der Waals surface area contributed by atoms with Crippen LogP contribution in [0.1, 0.15) is 29.7 Å². The van der Waals surface area contributed by atoms with Gasteiger partial charge in [0.1, 0.15) is 5.82 Å². The highest BCUT2D eigenvalue weighted by Crippen LogP contribution is 2.28. The first-order valence-corrected chi connectivity index (χ1v) is 7.22. The zero-order valence-corrected chi connectivity index (χ0v) is 12.9. The molecule has 106 valence electrons. The highest BCUT2D eigenvalue weighted by atomic mass is 35.5. The Morgan fingerprint density at radius 2 is 1.70 bits per heavy atom. The molecule has 1 nitrogen and oxygen atoms in total. The summed E-state index contributed by atoms with van der Waals surface area (Å²) in [5.74, 6) is -0.210. The molecule has 0 saturated carbocycles. The molecule has 2 rings (SSSR count). The van der Waals surface area contributed by atoms with Crippen molar-refractivity contribution in [2.45, 2.75) is 19.9 Å². The topological polar surface area (TPSA) is 12.0 Å². The van der Waals surface area contributed by atoms with E-state index in [4.69, 9.17) is 23.2 Å². The summed E-state index contributed by atoms with van der Waals surface area (Å²) in [6.07, 6.45) is 0. The highest BCUT2D eigenvalue weighted by Gasteiger charge is 2.15. The minimum atomic E-state index is -0.210. The molecule has 0 radical (unpaired) electrons. The number of rotatable bonds is 4. The lowest BCUT2D eigenvalue weighted by molar-refractivity contribution is 0.597. The Morgan fingerprint density at radius 1 is 1.05 bits per heavy atom. The zero-order chi connectivity index (χ0) is 14.7. The van der Waals surface area contributed by atoms with Crippen molar-refractivity contribution < 1.29 is 4.39 Å². The lowest BCUT2D eigenvalue weighted by atomic mass is 9.97. The number of hydrogen-bond acceptors (Lipinski definition) is 1. The molecule has 0 aliphatic carbocycles. The average Bonchev–Trinajstić information content (AvgIpc) is 2.38. The third-order valence-corrected chi connectivity index (χ3v) is 3.59. The molecule has 4 heteroatoms. The molecule has 0 aliphatic rings. The van der Waals surface area contributed by atoms with Crippen LogP contribution in [-0.2, 0) is 0 Å². The van der Waals surface area contributed by atoms with Crippen LogP contribution < -0.4 is 5.32 Å². The predicted octanol–water partition coefficient (Wildman–Crippen LogP) is 5.14. The summed E-state index contributed by atoms with van der Waals surface area (Å²) in [4.78, 5) is 0. The van der Waals surface area contributed by atoms with E-state index in [1.54, 1.807) is 25.1 Å². The van der Waals surface area contributed by atoms with Crippen molar-refractivity contribution in [1.29, 1.82) is 0 Å². The number of benzene rings is 2. The first-order chi connectivity index (χ1) is 9.51. The number of nitrogens with one attached hydrogen (secondary N) is 1. The second kappa shape index (κ2) is 6.57. The van der Waals surface area contributed by atoms with Crippen LogP contribution in [0.5, 0.6) is 0 Å². The van der Waals surface area contributed by atoms with Crippen molar-refractivity contribution in [2.24, 2.45) is 0 Å².